The van der Waals surface area contributed by atoms with Gasteiger partial charge in [0, 0.05) is 27.7 Å². The van der Waals surface area contributed by atoms with Crippen LogP contribution in [0, 0.1) is 27.7 Å². The number of nitrogens with zero attached hydrogens (tertiary/aromatic N) is 2. The van der Waals surface area contributed by atoms with Crippen LogP contribution in [0.3, 0.4) is 0 Å². The Balaban J connectivity index is 3.48. The Kier molecular flexibility index (Phi) is 3.99. The van der Waals surface area contributed by atoms with E-state index in [9.17, 15) is 0 Å². The van der Waals surface area contributed by atoms with E-state index in [1.54, 1.807) is 0 Å². The lowest BCUT2D eigenvalue weighted by atomic mass is 10.2. The van der Waals surface area contributed by atoms with E-state index in [1.807, 2.05) is 12.2 Å². The molecule has 0 bridgehead atoms. The predicted molar refractivity (Wildman–Crippen MR) is 66.2 cm³/mol. The zero-order valence-electron chi connectivity index (χ0n) is 10.9. The lowest BCUT2D eigenvalue weighted by Crippen LogP contribution is -2.52. The zero-order valence-corrected chi connectivity index (χ0v) is 10.9. The number of allylic oxidation sites excluding steroid dienone is 2. The first kappa shape index (κ1) is 12.6. The summed E-state index contributed by atoms with van der Waals surface area (Å²) in [7, 11) is 0. The van der Waals surface area contributed by atoms with Crippen molar-refractivity contribution in [3.8, 4) is 0 Å². The minimum absolute atomic E-state index is 0.869. The third-order valence-corrected chi connectivity index (χ3v) is 3.29. The van der Waals surface area contributed by atoms with Crippen molar-refractivity contribution in [3.05, 3.63) is 48.1 Å². The van der Waals surface area contributed by atoms with Crippen LogP contribution in [0.4, 0.5) is 0 Å². The van der Waals surface area contributed by atoms with Crippen LogP contribution in [-0.4, -0.2) is 0 Å². The highest BCUT2D eigenvalue weighted by Gasteiger charge is 2.26. The Hall–Kier alpha value is -1.44. The SMILES string of the molecule is C=CC[n+]1c(C)c(C)[n+](CC=C)c(C)c1C. The van der Waals surface area contributed by atoms with Crippen LogP contribution in [0.15, 0.2) is 25.3 Å². The molecule has 0 atom stereocenters. The summed E-state index contributed by atoms with van der Waals surface area (Å²) in [6.45, 7) is 18.0. The number of hydrogen-bond acceptors (Lipinski definition) is 0. The highest BCUT2D eigenvalue weighted by Crippen LogP contribution is 2.03. The van der Waals surface area contributed by atoms with Crippen molar-refractivity contribution in [1.29, 1.82) is 0 Å². The van der Waals surface area contributed by atoms with Crippen LogP contribution in [0.1, 0.15) is 22.8 Å². The Morgan fingerprint density at radius 1 is 0.750 bits per heavy atom. The fraction of sp³-hybridized carbons (Fsp3) is 0.429. The van der Waals surface area contributed by atoms with Gasteiger partial charge in [0.15, 0.2) is 13.1 Å². The van der Waals surface area contributed by atoms with Gasteiger partial charge in [-0.3, -0.25) is 0 Å². The van der Waals surface area contributed by atoms with Crippen LogP contribution in [0.2, 0.25) is 0 Å². The molecule has 1 rings (SSSR count). The van der Waals surface area contributed by atoms with Crippen LogP contribution >= 0.6 is 0 Å². The molecule has 0 unspecified atom stereocenters. The molecular formula is C14H22N2+2. The quantitative estimate of drug-likeness (QED) is 0.538. The average molecular weight is 218 g/mol. The summed E-state index contributed by atoms with van der Waals surface area (Å²) >= 11 is 0. The van der Waals surface area contributed by atoms with Gasteiger partial charge in [-0.1, -0.05) is 13.2 Å². The molecule has 0 radical (unpaired) electrons. The van der Waals surface area contributed by atoms with Crippen LogP contribution in [0.5, 0.6) is 0 Å². The Morgan fingerprint density at radius 2 is 1.00 bits per heavy atom. The maximum absolute atomic E-state index is 3.81. The average Bonchev–Trinajstić information content (AvgIpc) is 2.28. The number of aromatic nitrogens is 2. The van der Waals surface area contributed by atoms with E-state index >= 15 is 0 Å². The molecule has 2 heteroatoms. The molecule has 2 nitrogen and oxygen atoms in total. The van der Waals surface area contributed by atoms with Gasteiger partial charge in [0.2, 0.25) is 22.8 Å². The molecule has 0 saturated heterocycles. The monoisotopic (exact) mass is 218 g/mol. The minimum Gasteiger partial charge on any atom is -0.186 e. The third kappa shape index (κ3) is 2.06. The second-order valence-electron chi connectivity index (χ2n) is 4.14. The van der Waals surface area contributed by atoms with E-state index in [4.69, 9.17) is 0 Å². The normalized spacial score (nSPS) is 10.2. The molecule has 0 fully saturated rings. The Bertz CT molecular complexity index is 361. The first-order valence-electron chi connectivity index (χ1n) is 5.66. The van der Waals surface area contributed by atoms with E-state index in [2.05, 4.69) is 50.0 Å². The molecule has 0 aliphatic carbocycles. The second-order valence-corrected chi connectivity index (χ2v) is 4.14. The van der Waals surface area contributed by atoms with Crippen molar-refractivity contribution in [2.45, 2.75) is 40.8 Å². The molecule has 1 aromatic heterocycles. The van der Waals surface area contributed by atoms with Crippen molar-refractivity contribution in [1.82, 2.24) is 0 Å². The lowest BCUT2D eigenvalue weighted by Gasteiger charge is -2.07. The summed E-state index contributed by atoms with van der Waals surface area (Å²) in [5.41, 5.74) is 5.18. The van der Waals surface area contributed by atoms with Gasteiger partial charge in [0.1, 0.15) is 0 Å². The minimum atomic E-state index is 0.869. The first-order chi connectivity index (χ1) is 7.54. The van der Waals surface area contributed by atoms with Crippen molar-refractivity contribution in [2.24, 2.45) is 0 Å². The molecule has 0 saturated carbocycles. The molecular weight excluding hydrogens is 196 g/mol. The lowest BCUT2D eigenvalue weighted by molar-refractivity contribution is -0.757. The fourth-order valence-electron chi connectivity index (χ4n) is 2.09. The molecule has 16 heavy (non-hydrogen) atoms. The van der Waals surface area contributed by atoms with E-state index in [0.717, 1.165) is 13.1 Å². The third-order valence-electron chi connectivity index (χ3n) is 3.29. The van der Waals surface area contributed by atoms with Gasteiger partial charge in [0.05, 0.1) is 0 Å². The van der Waals surface area contributed by atoms with E-state index in [1.165, 1.54) is 22.8 Å². The smallest absolute Gasteiger partial charge is 0.186 e. The van der Waals surface area contributed by atoms with Crippen LogP contribution in [-0.2, 0) is 13.1 Å². The van der Waals surface area contributed by atoms with Gasteiger partial charge in [0.25, 0.3) is 0 Å². The van der Waals surface area contributed by atoms with E-state index < -0.39 is 0 Å². The van der Waals surface area contributed by atoms with Gasteiger partial charge in [-0.05, 0) is 12.2 Å². The van der Waals surface area contributed by atoms with Crippen molar-refractivity contribution >= 4 is 0 Å². The van der Waals surface area contributed by atoms with Crippen molar-refractivity contribution in [3.63, 3.8) is 0 Å². The summed E-state index contributed by atoms with van der Waals surface area (Å²) in [4.78, 5) is 0. The summed E-state index contributed by atoms with van der Waals surface area (Å²) in [5.74, 6) is 0. The Morgan fingerprint density at radius 3 is 1.19 bits per heavy atom. The standard InChI is InChI=1S/C14H22N2/c1-7-9-15-11(3)13(5)16(10-8-2)14(6)12(15)4/h7-8H,1-2,9-10H2,3-6H3/q+2. The topological polar surface area (TPSA) is 7.76 Å². The van der Waals surface area contributed by atoms with Gasteiger partial charge >= 0.3 is 0 Å². The van der Waals surface area contributed by atoms with Gasteiger partial charge in [-0.25, -0.2) is 0 Å². The van der Waals surface area contributed by atoms with Crippen LogP contribution < -0.4 is 9.13 Å². The largest absolute Gasteiger partial charge is 0.245 e. The summed E-state index contributed by atoms with van der Waals surface area (Å²) in [6, 6.07) is 0. The molecule has 1 heterocycles. The Labute approximate surface area is 98.6 Å². The molecule has 0 aromatic carbocycles. The second kappa shape index (κ2) is 5.06. The molecule has 86 valence electrons. The summed E-state index contributed by atoms with van der Waals surface area (Å²) in [5, 5.41) is 0. The molecule has 0 aliphatic rings. The van der Waals surface area contributed by atoms with Crippen molar-refractivity contribution in [2.75, 3.05) is 0 Å². The summed E-state index contributed by atoms with van der Waals surface area (Å²) in [6.07, 6.45) is 3.88. The molecule has 0 amide bonds. The van der Waals surface area contributed by atoms with Crippen molar-refractivity contribution < 1.29 is 9.13 Å². The van der Waals surface area contributed by atoms with E-state index in [0.29, 0.717) is 0 Å². The summed E-state index contributed by atoms with van der Waals surface area (Å²) < 4.78 is 4.61. The van der Waals surface area contributed by atoms with Crippen LogP contribution in [0.25, 0.3) is 0 Å². The maximum Gasteiger partial charge on any atom is 0.245 e. The number of hydrogen-bond donors (Lipinski definition) is 0. The van der Waals surface area contributed by atoms with Gasteiger partial charge in [-0.15, -0.1) is 0 Å². The molecule has 0 aliphatic heterocycles. The molecule has 0 N–H and O–H groups in total. The highest BCUT2D eigenvalue weighted by molar-refractivity contribution is 5.03. The maximum atomic E-state index is 3.81. The molecule has 0 spiro atoms. The van der Waals surface area contributed by atoms with E-state index in [-0.39, 0.29) is 0 Å². The first-order valence-corrected chi connectivity index (χ1v) is 5.66. The number of rotatable bonds is 4. The molecule has 1 aromatic rings. The highest BCUT2D eigenvalue weighted by atomic mass is 15.1. The van der Waals surface area contributed by atoms with Gasteiger partial charge < -0.3 is 0 Å². The predicted octanol–water partition coefficient (Wildman–Crippen LogP) is 1.87. The zero-order chi connectivity index (χ0) is 12.3. The fourth-order valence-corrected chi connectivity index (χ4v) is 2.09. The van der Waals surface area contributed by atoms with Gasteiger partial charge in [-0.2, -0.15) is 9.13 Å².